The summed E-state index contributed by atoms with van der Waals surface area (Å²) in [5, 5.41) is 0.187. The number of allylic oxidation sites excluding steroid dienone is 1. The SMILES string of the molecule is CCOC(=O)C1=C(C)N=c2s/c(=C\c3c(F)cccc3Cl)c(=O)n2[C@H]1c1ccccc1OCC. The van der Waals surface area contributed by atoms with Crippen molar-refractivity contribution >= 4 is 35.0 Å². The Balaban J connectivity index is 2.02. The largest absolute Gasteiger partial charge is 0.494 e. The topological polar surface area (TPSA) is 69.9 Å². The maximum absolute atomic E-state index is 14.4. The lowest BCUT2D eigenvalue weighted by Crippen LogP contribution is -2.40. The molecule has 9 heteroatoms. The Morgan fingerprint density at radius 1 is 1.21 bits per heavy atom. The number of ether oxygens (including phenoxy) is 2. The van der Waals surface area contributed by atoms with E-state index in [1.807, 2.05) is 19.1 Å². The van der Waals surface area contributed by atoms with Crippen LogP contribution in [0, 0.1) is 5.82 Å². The number of nitrogens with zero attached hydrogens (tertiary/aromatic N) is 2. The van der Waals surface area contributed by atoms with Gasteiger partial charge in [0.2, 0.25) is 0 Å². The summed E-state index contributed by atoms with van der Waals surface area (Å²) in [6.45, 7) is 5.85. The first kappa shape index (κ1) is 23.9. The number of para-hydroxylation sites is 1. The van der Waals surface area contributed by atoms with Crippen molar-refractivity contribution in [2.24, 2.45) is 4.99 Å². The minimum Gasteiger partial charge on any atom is -0.494 e. The average molecular weight is 501 g/mol. The molecule has 6 nitrogen and oxygen atoms in total. The number of benzene rings is 2. The molecule has 1 aliphatic heterocycles. The molecule has 0 aliphatic carbocycles. The number of carbonyl (C=O) groups excluding carboxylic acids is 1. The fourth-order valence-electron chi connectivity index (χ4n) is 3.86. The van der Waals surface area contributed by atoms with Crippen molar-refractivity contribution in [2.45, 2.75) is 26.8 Å². The summed E-state index contributed by atoms with van der Waals surface area (Å²) < 4.78 is 27.2. The number of carbonyl (C=O) groups is 1. The molecule has 0 saturated heterocycles. The van der Waals surface area contributed by atoms with Gasteiger partial charge < -0.3 is 9.47 Å². The highest BCUT2D eigenvalue weighted by Gasteiger charge is 2.35. The second-order valence-corrected chi connectivity index (χ2v) is 8.82. The Bertz CT molecular complexity index is 1450. The Morgan fingerprint density at radius 2 is 1.97 bits per heavy atom. The van der Waals surface area contributed by atoms with Gasteiger partial charge in [0.15, 0.2) is 4.80 Å². The summed E-state index contributed by atoms with van der Waals surface area (Å²) in [6.07, 6.45) is 1.41. The van der Waals surface area contributed by atoms with Gasteiger partial charge in [0.05, 0.1) is 34.0 Å². The number of halogens is 2. The van der Waals surface area contributed by atoms with Gasteiger partial charge in [-0.15, -0.1) is 0 Å². The molecule has 1 aliphatic rings. The van der Waals surface area contributed by atoms with Crippen LogP contribution in [-0.4, -0.2) is 23.8 Å². The zero-order chi connectivity index (χ0) is 24.4. The Hall–Kier alpha value is -3.23. The van der Waals surface area contributed by atoms with Crippen LogP contribution in [0.3, 0.4) is 0 Å². The molecule has 34 heavy (non-hydrogen) atoms. The lowest BCUT2D eigenvalue weighted by Gasteiger charge is -2.26. The van der Waals surface area contributed by atoms with E-state index in [0.717, 1.165) is 11.3 Å². The van der Waals surface area contributed by atoms with Crippen LogP contribution in [0.4, 0.5) is 4.39 Å². The lowest BCUT2D eigenvalue weighted by atomic mass is 9.95. The summed E-state index contributed by atoms with van der Waals surface area (Å²) in [6, 6.07) is 10.7. The molecule has 0 spiro atoms. The molecule has 0 bridgehead atoms. The van der Waals surface area contributed by atoms with Gasteiger partial charge in [0.25, 0.3) is 5.56 Å². The van der Waals surface area contributed by atoms with Crippen LogP contribution in [-0.2, 0) is 9.53 Å². The van der Waals surface area contributed by atoms with Gasteiger partial charge >= 0.3 is 5.97 Å². The number of esters is 1. The molecule has 0 fully saturated rings. The quantitative estimate of drug-likeness (QED) is 0.480. The predicted octanol–water partition coefficient (Wildman–Crippen LogP) is 3.99. The van der Waals surface area contributed by atoms with Crippen LogP contribution in [0.15, 0.2) is 63.5 Å². The molecule has 0 N–H and O–H groups in total. The second-order valence-electron chi connectivity index (χ2n) is 7.41. The van der Waals surface area contributed by atoms with E-state index in [4.69, 9.17) is 21.1 Å². The Labute approximate surface area is 204 Å². The van der Waals surface area contributed by atoms with E-state index in [1.165, 1.54) is 22.8 Å². The van der Waals surface area contributed by atoms with Crippen molar-refractivity contribution < 1.29 is 18.7 Å². The Morgan fingerprint density at radius 3 is 2.68 bits per heavy atom. The van der Waals surface area contributed by atoms with E-state index in [2.05, 4.69) is 4.99 Å². The normalized spacial score (nSPS) is 15.7. The first-order valence-corrected chi connectivity index (χ1v) is 11.9. The zero-order valence-electron chi connectivity index (χ0n) is 18.8. The number of fused-ring (bicyclic) bond motifs is 1. The van der Waals surface area contributed by atoms with Crippen LogP contribution in [0.25, 0.3) is 6.08 Å². The number of thiazole rings is 1. The van der Waals surface area contributed by atoms with E-state index >= 15 is 0 Å². The molecule has 0 amide bonds. The van der Waals surface area contributed by atoms with Gasteiger partial charge in [-0.25, -0.2) is 14.2 Å². The van der Waals surface area contributed by atoms with E-state index in [1.54, 1.807) is 32.0 Å². The smallest absolute Gasteiger partial charge is 0.338 e. The highest BCUT2D eigenvalue weighted by atomic mass is 35.5. The van der Waals surface area contributed by atoms with E-state index < -0.39 is 23.4 Å². The third-order valence-electron chi connectivity index (χ3n) is 5.31. The van der Waals surface area contributed by atoms with Gasteiger partial charge in [-0.2, -0.15) is 0 Å². The van der Waals surface area contributed by atoms with Gasteiger partial charge in [-0.3, -0.25) is 9.36 Å². The third kappa shape index (κ3) is 4.31. The maximum Gasteiger partial charge on any atom is 0.338 e. The zero-order valence-corrected chi connectivity index (χ0v) is 20.4. The molecule has 1 aromatic heterocycles. The highest BCUT2D eigenvalue weighted by Crippen LogP contribution is 2.35. The summed E-state index contributed by atoms with van der Waals surface area (Å²) in [4.78, 5) is 31.5. The number of aromatic nitrogens is 1. The van der Waals surface area contributed by atoms with Gasteiger partial charge in [-0.1, -0.05) is 47.2 Å². The predicted molar refractivity (Wildman–Crippen MR) is 129 cm³/mol. The van der Waals surface area contributed by atoms with Crippen molar-refractivity contribution in [1.29, 1.82) is 0 Å². The number of rotatable bonds is 6. The maximum atomic E-state index is 14.4. The molecule has 0 saturated carbocycles. The van der Waals surface area contributed by atoms with Gasteiger partial charge in [-0.05, 0) is 45.0 Å². The summed E-state index contributed by atoms with van der Waals surface area (Å²) in [5.74, 6) is -0.565. The fourth-order valence-corrected chi connectivity index (χ4v) is 5.10. The van der Waals surface area contributed by atoms with E-state index in [0.29, 0.717) is 28.4 Å². The van der Waals surface area contributed by atoms with Gasteiger partial charge in [0.1, 0.15) is 17.6 Å². The monoisotopic (exact) mass is 500 g/mol. The van der Waals surface area contributed by atoms with Crippen LogP contribution in [0.2, 0.25) is 5.02 Å². The highest BCUT2D eigenvalue weighted by molar-refractivity contribution is 7.07. The van der Waals surface area contributed by atoms with Crippen LogP contribution in [0.1, 0.15) is 37.9 Å². The average Bonchev–Trinajstić information content (AvgIpc) is 3.11. The number of hydrogen-bond donors (Lipinski definition) is 0. The molecule has 2 heterocycles. The molecular formula is C25H22ClFN2O4S. The van der Waals surface area contributed by atoms with Crippen LogP contribution in [0.5, 0.6) is 5.75 Å². The van der Waals surface area contributed by atoms with Crippen LogP contribution >= 0.6 is 22.9 Å². The van der Waals surface area contributed by atoms with Crippen LogP contribution < -0.4 is 19.6 Å². The summed E-state index contributed by atoms with van der Waals surface area (Å²) >= 11 is 7.27. The van der Waals surface area contributed by atoms with Crippen molar-refractivity contribution in [3.8, 4) is 5.75 Å². The molecule has 4 rings (SSSR count). The molecule has 0 unspecified atom stereocenters. The van der Waals surface area contributed by atoms with E-state index in [-0.39, 0.29) is 27.3 Å². The molecule has 0 radical (unpaired) electrons. The standard InChI is InChI=1S/C25H22ClFN2O4S/c1-4-32-19-12-7-6-9-15(19)22-21(24(31)33-5-2)14(3)28-25-29(22)23(30)20(34-25)13-16-17(26)10-8-11-18(16)27/h6-13,22H,4-5H2,1-3H3/b20-13-/t22-/m0/s1. The number of hydrogen-bond acceptors (Lipinski definition) is 6. The molecule has 2 aromatic carbocycles. The second kappa shape index (κ2) is 9.95. The first-order valence-electron chi connectivity index (χ1n) is 10.7. The Kier molecular flexibility index (Phi) is 7.00. The summed E-state index contributed by atoms with van der Waals surface area (Å²) in [5.41, 5.74) is 0.998. The van der Waals surface area contributed by atoms with Crippen molar-refractivity contribution in [1.82, 2.24) is 4.57 Å². The first-order chi connectivity index (χ1) is 16.4. The van der Waals surface area contributed by atoms with Crippen molar-refractivity contribution in [3.63, 3.8) is 0 Å². The molecule has 176 valence electrons. The van der Waals surface area contributed by atoms with E-state index in [9.17, 15) is 14.0 Å². The lowest BCUT2D eigenvalue weighted by molar-refractivity contribution is -0.139. The molecule has 1 atom stereocenters. The minimum absolute atomic E-state index is 0.113. The van der Waals surface area contributed by atoms with Crippen molar-refractivity contribution in [2.75, 3.05) is 13.2 Å². The minimum atomic E-state index is -0.823. The molecule has 3 aromatic rings. The molecular weight excluding hydrogens is 479 g/mol. The van der Waals surface area contributed by atoms with Crippen molar-refractivity contribution in [3.05, 3.63) is 95.4 Å². The van der Waals surface area contributed by atoms with Gasteiger partial charge in [0, 0.05) is 11.1 Å². The summed E-state index contributed by atoms with van der Waals surface area (Å²) in [7, 11) is 0. The fraction of sp³-hybridized carbons (Fsp3) is 0.240. The third-order valence-corrected chi connectivity index (χ3v) is 6.62.